The molecule has 0 aliphatic heterocycles. The molecular formula is C28H25F3N4O5S. The van der Waals surface area contributed by atoms with Crippen molar-refractivity contribution >= 4 is 28.1 Å². The van der Waals surface area contributed by atoms with E-state index in [0.29, 0.717) is 47.2 Å². The number of alkyl halides is 3. The van der Waals surface area contributed by atoms with Crippen molar-refractivity contribution < 1.29 is 32.4 Å². The molecule has 4 aromatic rings. The van der Waals surface area contributed by atoms with Crippen LogP contribution in [-0.4, -0.2) is 42.4 Å². The van der Waals surface area contributed by atoms with Gasteiger partial charge in [0.05, 0.1) is 17.2 Å². The molecule has 0 bridgehead atoms. The molecule has 0 aliphatic carbocycles. The van der Waals surface area contributed by atoms with E-state index >= 15 is 0 Å². The molecule has 0 spiro atoms. The Morgan fingerprint density at radius 1 is 1.05 bits per heavy atom. The van der Waals surface area contributed by atoms with E-state index in [0.717, 1.165) is 5.56 Å². The summed E-state index contributed by atoms with van der Waals surface area (Å²) >= 11 is 1.30. The predicted octanol–water partition coefficient (Wildman–Crippen LogP) is 6.20. The molecule has 1 aromatic heterocycles. The summed E-state index contributed by atoms with van der Waals surface area (Å²) in [7, 11) is 1.54. The van der Waals surface area contributed by atoms with Gasteiger partial charge in [-0.15, -0.1) is 24.5 Å². The Kier molecular flexibility index (Phi) is 9.53. The summed E-state index contributed by atoms with van der Waals surface area (Å²) in [6, 6.07) is 18.7. The topological polar surface area (TPSA) is 107 Å². The monoisotopic (exact) mass is 586 g/mol. The number of non-ortho nitro benzene ring substituents is 1. The number of rotatable bonds is 12. The first-order valence-corrected chi connectivity index (χ1v) is 13.2. The number of carbonyl (C=O) groups excluding carboxylic acids is 1. The highest BCUT2D eigenvalue weighted by Gasteiger charge is 2.31. The van der Waals surface area contributed by atoms with E-state index in [1.807, 2.05) is 4.90 Å². The molecule has 0 saturated carbocycles. The molecule has 41 heavy (non-hydrogen) atoms. The molecule has 4 rings (SSSR count). The number of nitro benzene ring substituents is 1. The normalized spacial score (nSPS) is 11.2. The van der Waals surface area contributed by atoms with Crippen LogP contribution in [0.4, 0.5) is 24.0 Å². The average molecular weight is 587 g/mol. The van der Waals surface area contributed by atoms with Gasteiger partial charge in [-0.05, 0) is 35.4 Å². The van der Waals surface area contributed by atoms with E-state index in [-0.39, 0.29) is 23.9 Å². The van der Waals surface area contributed by atoms with Crippen molar-refractivity contribution in [3.8, 4) is 17.0 Å². The van der Waals surface area contributed by atoms with Crippen molar-refractivity contribution in [3.63, 3.8) is 0 Å². The Bertz CT molecular complexity index is 1490. The Morgan fingerprint density at radius 2 is 1.78 bits per heavy atom. The van der Waals surface area contributed by atoms with Crippen LogP contribution in [-0.2, 0) is 17.8 Å². The number of hydrogen-bond acceptors (Lipinski definition) is 8. The van der Waals surface area contributed by atoms with Crippen LogP contribution in [0.5, 0.6) is 5.75 Å². The van der Waals surface area contributed by atoms with Gasteiger partial charge in [0.1, 0.15) is 5.75 Å². The van der Waals surface area contributed by atoms with Gasteiger partial charge in [0.2, 0.25) is 0 Å². The number of anilines is 1. The zero-order chi connectivity index (χ0) is 29.4. The molecule has 1 N–H and O–H groups in total. The van der Waals surface area contributed by atoms with Gasteiger partial charge in [-0.2, -0.15) is 0 Å². The van der Waals surface area contributed by atoms with Gasteiger partial charge in [0.15, 0.2) is 5.13 Å². The number of thiazole rings is 1. The van der Waals surface area contributed by atoms with Gasteiger partial charge >= 0.3 is 6.36 Å². The average Bonchev–Trinajstić information content (AvgIpc) is 3.43. The van der Waals surface area contributed by atoms with Crippen LogP contribution in [0.2, 0.25) is 0 Å². The van der Waals surface area contributed by atoms with Crippen LogP contribution in [0.25, 0.3) is 11.3 Å². The lowest BCUT2D eigenvalue weighted by atomic mass is 10.1. The van der Waals surface area contributed by atoms with Crippen LogP contribution in [0.3, 0.4) is 0 Å². The van der Waals surface area contributed by atoms with Crippen LogP contribution < -0.4 is 15.0 Å². The molecule has 0 saturated heterocycles. The van der Waals surface area contributed by atoms with Gasteiger partial charge in [0.25, 0.3) is 11.6 Å². The number of carbonyl (C=O) groups is 1. The molecule has 13 heteroatoms. The summed E-state index contributed by atoms with van der Waals surface area (Å²) in [4.78, 5) is 29.6. The van der Waals surface area contributed by atoms with Crippen molar-refractivity contribution in [1.82, 2.24) is 10.3 Å². The van der Waals surface area contributed by atoms with E-state index in [4.69, 9.17) is 4.74 Å². The summed E-state index contributed by atoms with van der Waals surface area (Å²) in [5.74, 6) is -0.580. The summed E-state index contributed by atoms with van der Waals surface area (Å²) in [5, 5.41) is 16.3. The number of nitrogens with zero attached hydrogens (tertiary/aromatic N) is 3. The Labute approximate surface area is 237 Å². The number of nitrogens with one attached hydrogen (secondary N) is 1. The van der Waals surface area contributed by atoms with Gasteiger partial charge in [-0.1, -0.05) is 36.4 Å². The van der Waals surface area contributed by atoms with Crippen molar-refractivity contribution in [1.29, 1.82) is 0 Å². The molecule has 0 fully saturated rings. The lowest BCUT2D eigenvalue weighted by molar-refractivity contribution is -0.384. The lowest BCUT2D eigenvalue weighted by Crippen LogP contribution is -2.27. The van der Waals surface area contributed by atoms with Crippen LogP contribution >= 0.6 is 11.3 Å². The van der Waals surface area contributed by atoms with Gasteiger partial charge in [-0.25, -0.2) is 4.98 Å². The Balaban J connectivity index is 1.60. The first-order valence-electron chi connectivity index (χ1n) is 12.3. The molecular weight excluding hydrogens is 561 g/mol. The van der Waals surface area contributed by atoms with Crippen molar-refractivity contribution in [2.75, 3.05) is 25.2 Å². The largest absolute Gasteiger partial charge is 0.573 e. The van der Waals surface area contributed by atoms with E-state index < -0.39 is 11.3 Å². The summed E-state index contributed by atoms with van der Waals surface area (Å²) < 4.78 is 47.4. The van der Waals surface area contributed by atoms with Crippen molar-refractivity contribution in [2.24, 2.45) is 0 Å². The second kappa shape index (κ2) is 13.2. The number of ether oxygens (including phenoxy) is 2. The highest BCUT2D eigenvalue weighted by atomic mass is 32.1. The molecule has 0 aliphatic rings. The standard InChI is InChI=1S/C28H25F3N4O5S/c1-39-13-12-32-26(36)21-10-8-19(9-11-21)16-34(17-20-4-2-7-24(14-20)40-28(29,30)31)27-33-25(18-41-27)22-5-3-6-23(15-22)35(37)38/h2-11,14-15,18H,12-13,16-17H2,1H3,(H,32,36). The Morgan fingerprint density at radius 3 is 2.49 bits per heavy atom. The third-order valence-electron chi connectivity index (χ3n) is 5.80. The minimum Gasteiger partial charge on any atom is -0.406 e. The van der Waals surface area contributed by atoms with Crippen LogP contribution in [0, 0.1) is 10.1 Å². The fourth-order valence-electron chi connectivity index (χ4n) is 3.92. The van der Waals surface area contributed by atoms with E-state index in [1.54, 1.807) is 55.0 Å². The first-order chi connectivity index (χ1) is 19.6. The molecule has 9 nitrogen and oxygen atoms in total. The zero-order valence-corrected chi connectivity index (χ0v) is 22.6. The second-order valence-electron chi connectivity index (χ2n) is 8.82. The first kappa shape index (κ1) is 29.5. The van der Waals surface area contributed by atoms with Crippen LogP contribution in [0.15, 0.2) is 78.2 Å². The summed E-state index contributed by atoms with van der Waals surface area (Å²) in [5.41, 5.74) is 2.86. The molecule has 0 atom stereocenters. The number of benzene rings is 3. The quantitative estimate of drug-likeness (QED) is 0.120. The number of aromatic nitrogens is 1. The van der Waals surface area contributed by atoms with Crippen LogP contribution in [0.1, 0.15) is 21.5 Å². The summed E-state index contributed by atoms with van der Waals surface area (Å²) in [6.45, 7) is 1.27. The molecule has 214 valence electrons. The Hall–Kier alpha value is -4.49. The smallest absolute Gasteiger partial charge is 0.406 e. The maximum Gasteiger partial charge on any atom is 0.573 e. The third kappa shape index (κ3) is 8.50. The number of methoxy groups -OCH3 is 1. The number of amides is 1. The van der Waals surface area contributed by atoms with Gasteiger partial charge < -0.3 is 19.7 Å². The molecule has 0 unspecified atom stereocenters. The number of halogens is 3. The maximum atomic E-state index is 12.8. The van der Waals surface area contributed by atoms with Crippen molar-refractivity contribution in [2.45, 2.75) is 19.5 Å². The third-order valence-corrected chi connectivity index (χ3v) is 6.70. The molecule has 3 aromatic carbocycles. The molecule has 1 heterocycles. The maximum absolute atomic E-state index is 12.8. The fourth-order valence-corrected chi connectivity index (χ4v) is 4.76. The SMILES string of the molecule is COCCNC(=O)c1ccc(CN(Cc2cccc(OC(F)(F)F)c2)c2nc(-c3cccc([N+](=O)[O-])c3)cs2)cc1. The van der Waals surface area contributed by atoms with E-state index in [1.165, 1.54) is 41.7 Å². The highest BCUT2D eigenvalue weighted by Crippen LogP contribution is 2.32. The minimum atomic E-state index is -4.82. The lowest BCUT2D eigenvalue weighted by Gasteiger charge is -2.23. The molecule has 1 amide bonds. The number of hydrogen-bond donors (Lipinski definition) is 1. The van der Waals surface area contributed by atoms with E-state index in [2.05, 4.69) is 15.0 Å². The van der Waals surface area contributed by atoms with Gasteiger partial charge in [0, 0.05) is 55.4 Å². The van der Waals surface area contributed by atoms with E-state index in [9.17, 15) is 28.1 Å². The van der Waals surface area contributed by atoms with Gasteiger partial charge in [-0.3, -0.25) is 14.9 Å². The fraction of sp³-hybridized carbons (Fsp3) is 0.214. The van der Waals surface area contributed by atoms with Crippen molar-refractivity contribution in [3.05, 3.63) is 105 Å². The summed E-state index contributed by atoms with van der Waals surface area (Å²) in [6.07, 6.45) is -4.82. The number of nitro groups is 1. The zero-order valence-electron chi connectivity index (χ0n) is 21.8. The second-order valence-corrected chi connectivity index (χ2v) is 9.66. The molecule has 0 radical (unpaired) electrons. The minimum absolute atomic E-state index is 0.0678. The highest BCUT2D eigenvalue weighted by molar-refractivity contribution is 7.14. The predicted molar refractivity (Wildman–Crippen MR) is 148 cm³/mol.